The Hall–Kier alpha value is -2.24. The largest absolute Gasteiger partial charge is 0.379 e. The van der Waals surface area contributed by atoms with E-state index in [0.29, 0.717) is 24.9 Å². The Kier molecular flexibility index (Phi) is 2.94. The lowest BCUT2D eigenvalue weighted by Gasteiger charge is -2.06. The van der Waals surface area contributed by atoms with Crippen molar-refractivity contribution in [2.75, 3.05) is 13.2 Å². The number of benzene rings is 2. The molecule has 2 unspecified atom stereocenters. The summed E-state index contributed by atoms with van der Waals surface area (Å²) in [5.74, 6) is 1.14. The van der Waals surface area contributed by atoms with Crippen LogP contribution in [0.15, 0.2) is 47.0 Å². The molecule has 21 heavy (non-hydrogen) atoms. The van der Waals surface area contributed by atoms with E-state index >= 15 is 0 Å². The molecule has 0 spiro atoms. The van der Waals surface area contributed by atoms with Gasteiger partial charge in [-0.25, -0.2) is 0 Å². The molecular formula is C16H15N3O2. The van der Waals surface area contributed by atoms with Gasteiger partial charge in [-0.15, -0.1) is 0 Å². The topological polar surface area (TPSA) is 74.2 Å². The molecule has 1 aliphatic rings. The molecule has 2 aromatic carbocycles. The van der Waals surface area contributed by atoms with E-state index in [0.717, 1.165) is 10.9 Å². The molecule has 0 saturated carbocycles. The van der Waals surface area contributed by atoms with Gasteiger partial charge in [0.2, 0.25) is 11.7 Å². The quantitative estimate of drug-likeness (QED) is 0.780. The molecule has 2 N–H and O–H groups in total. The van der Waals surface area contributed by atoms with Crippen LogP contribution in [0.1, 0.15) is 11.8 Å². The van der Waals surface area contributed by atoms with Crippen LogP contribution < -0.4 is 5.73 Å². The van der Waals surface area contributed by atoms with Crippen LogP contribution in [0.2, 0.25) is 0 Å². The maximum absolute atomic E-state index is 5.98. The lowest BCUT2D eigenvalue weighted by molar-refractivity contribution is 0.187. The van der Waals surface area contributed by atoms with E-state index in [9.17, 15) is 0 Å². The summed E-state index contributed by atoms with van der Waals surface area (Å²) in [6.07, 6.45) is 0. The molecule has 5 nitrogen and oxygen atoms in total. The van der Waals surface area contributed by atoms with E-state index in [1.807, 2.05) is 18.2 Å². The van der Waals surface area contributed by atoms with Gasteiger partial charge in [0, 0.05) is 11.6 Å². The molecule has 2 heterocycles. The van der Waals surface area contributed by atoms with Crippen molar-refractivity contribution < 1.29 is 9.26 Å². The molecule has 1 fully saturated rings. The summed E-state index contributed by atoms with van der Waals surface area (Å²) in [6.45, 7) is 1.08. The van der Waals surface area contributed by atoms with Crippen molar-refractivity contribution in [3.8, 4) is 11.4 Å². The number of rotatable bonds is 2. The third-order valence-corrected chi connectivity index (χ3v) is 3.89. The Morgan fingerprint density at radius 3 is 2.71 bits per heavy atom. The summed E-state index contributed by atoms with van der Waals surface area (Å²) in [6, 6.07) is 14.2. The van der Waals surface area contributed by atoms with Gasteiger partial charge < -0.3 is 15.0 Å². The minimum absolute atomic E-state index is 0.00768. The molecular weight excluding hydrogens is 266 g/mol. The van der Waals surface area contributed by atoms with Gasteiger partial charge in [0.1, 0.15) is 0 Å². The van der Waals surface area contributed by atoms with E-state index in [1.54, 1.807) is 0 Å². The van der Waals surface area contributed by atoms with Crippen LogP contribution in [0.4, 0.5) is 0 Å². The van der Waals surface area contributed by atoms with Crippen LogP contribution in [-0.2, 0) is 4.74 Å². The van der Waals surface area contributed by atoms with E-state index in [1.165, 1.54) is 5.39 Å². The van der Waals surface area contributed by atoms with Crippen LogP contribution in [-0.4, -0.2) is 29.4 Å². The standard InChI is InChI=1S/C16H15N3O2/c17-14-9-20-8-13(14)16-18-15(19-21-16)12-6-5-10-3-1-2-4-11(10)7-12/h1-7,13-14H,8-9,17H2. The zero-order valence-corrected chi connectivity index (χ0v) is 11.4. The first-order chi connectivity index (χ1) is 10.3. The van der Waals surface area contributed by atoms with Gasteiger partial charge in [0.05, 0.1) is 19.1 Å². The number of nitrogens with two attached hydrogens (primary N) is 1. The zero-order valence-electron chi connectivity index (χ0n) is 11.4. The maximum Gasteiger partial charge on any atom is 0.234 e. The van der Waals surface area contributed by atoms with E-state index < -0.39 is 0 Å². The number of hydrogen-bond donors (Lipinski definition) is 1. The average Bonchev–Trinajstić information content (AvgIpc) is 3.15. The third-order valence-electron chi connectivity index (χ3n) is 3.89. The van der Waals surface area contributed by atoms with Crippen molar-refractivity contribution in [2.45, 2.75) is 12.0 Å². The Morgan fingerprint density at radius 2 is 1.90 bits per heavy atom. The van der Waals surface area contributed by atoms with Gasteiger partial charge in [-0.2, -0.15) is 4.98 Å². The van der Waals surface area contributed by atoms with Crippen molar-refractivity contribution in [3.63, 3.8) is 0 Å². The second-order valence-corrected chi connectivity index (χ2v) is 5.33. The van der Waals surface area contributed by atoms with Crippen LogP contribution in [0.3, 0.4) is 0 Å². The average molecular weight is 281 g/mol. The van der Waals surface area contributed by atoms with Crippen LogP contribution >= 0.6 is 0 Å². The molecule has 0 bridgehead atoms. The molecule has 1 saturated heterocycles. The van der Waals surface area contributed by atoms with Gasteiger partial charge in [0.25, 0.3) is 0 Å². The lowest BCUT2D eigenvalue weighted by atomic mass is 10.0. The van der Waals surface area contributed by atoms with E-state index in [-0.39, 0.29) is 12.0 Å². The second-order valence-electron chi connectivity index (χ2n) is 5.33. The molecule has 106 valence electrons. The molecule has 1 aromatic heterocycles. The Labute approximate surface area is 121 Å². The fraction of sp³-hybridized carbons (Fsp3) is 0.250. The van der Waals surface area contributed by atoms with Crippen LogP contribution in [0, 0.1) is 0 Å². The Bertz CT molecular complexity index is 784. The summed E-state index contributed by atoms with van der Waals surface area (Å²) in [7, 11) is 0. The summed E-state index contributed by atoms with van der Waals surface area (Å²) >= 11 is 0. The highest BCUT2D eigenvalue weighted by atomic mass is 16.5. The van der Waals surface area contributed by atoms with Crippen molar-refractivity contribution in [2.24, 2.45) is 5.73 Å². The Balaban J connectivity index is 1.70. The highest BCUT2D eigenvalue weighted by Crippen LogP contribution is 2.27. The number of fused-ring (bicyclic) bond motifs is 1. The second kappa shape index (κ2) is 4.95. The summed E-state index contributed by atoms with van der Waals surface area (Å²) in [5, 5.41) is 6.42. The number of aromatic nitrogens is 2. The predicted octanol–water partition coefficient (Wildman–Crippen LogP) is 2.33. The minimum atomic E-state index is -0.0742. The van der Waals surface area contributed by atoms with Gasteiger partial charge >= 0.3 is 0 Å². The predicted molar refractivity (Wildman–Crippen MR) is 78.8 cm³/mol. The number of ether oxygens (including phenoxy) is 1. The molecule has 3 aromatic rings. The SMILES string of the molecule is NC1COCC1c1nc(-c2ccc3ccccc3c2)no1. The molecule has 0 amide bonds. The first-order valence-corrected chi connectivity index (χ1v) is 6.97. The summed E-state index contributed by atoms with van der Waals surface area (Å²) < 4.78 is 10.7. The van der Waals surface area contributed by atoms with Gasteiger partial charge in [0.15, 0.2) is 0 Å². The van der Waals surface area contributed by atoms with Crippen LogP contribution in [0.25, 0.3) is 22.2 Å². The summed E-state index contributed by atoms with van der Waals surface area (Å²) in [4.78, 5) is 4.48. The molecule has 0 radical (unpaired) electrons. The zero-order chi connectivity index (χ0) is 14.2. The summed E-state index contributed by atoms with van der Waals surface area (Å²) in [5.41, 5.74) is 6.92. The molecule has 1 aliphatic heterocycles. The monoisotopic (exact) mass is 281 g/mol. The van der Waals surface area contributed by atoms with Gasteiger partial charge in [-0.05, 0) is 16.8 Å². The Morgan fingerprint density at radius 1 is 1.05 bits per heavy atom. The highest BCUT2D eigenvalue weighted by molar-refractivity contribution is 5.86. The minimum Gasteiger partial charge on any atom is -0.379 e. The molecule has 0 aliphatic carbocycles. The lowest BCUT2D eigenvalue weighted by Crippen LogP contribution is -2.26. The van der Waals surface area contributed by atoms with Crippen molar-refractivity contribution in [1.29, 1.82) is 0 Å². The van der Waals surface area contributed by atoms with E-state index in [2.05, 4.69) is 34.4 Å². The van der Waals surface area contributed by atoms with Crippen LogP contribution in [0.5, 0.6) is 0 Å². The number of hydrogen-bond acceptors (Lipinski definition) is 5. The maximum atomic E-state index is 5.98. The highest BCUT2D eigenvalue weighted by Gasteiger charge is 2.31. The van der Waals surface area contributed by atoms with Crippen molar-refractivity contribution in [1.82, 2.24) is 10.1 Å². The van der Waals surface area contributed by atoms with Crippen molar-refractivity contribution >= 4 is 10.8 Å². The van der Waals surface area contributed by atoms with Crippen molar-refractivity contribution in [3.05, 3.63) is 48.4 Å². The fourth-order valence-electron chi connectivity index (χ4n) is 2.66. The van der Waals surface area contributed by atoms with Gasteiger partial charge in [-0.3, -0.25) is 0 Å². The molecule has 4 rings (SSSR count). The van der Waals surface area contributed by atoms with Gasteiger partial charge in [-0.1, -0.05) is 41.6 Å². The van der Waals surface area contributed by atoms with E-state index in [4.69, 9.17) is 15.0 Å². The third kappa shape index (κ3) is 2.20. The molecule has 5 heteroatoms. The first kappa shape index (κ1) is 12.5. The molecule has 2 atom stereocenters. The smallest absolute Gasteiger partial charge is 0.234 e. The number of nitrogens with zero attached hydrogens (tertiary/aromatic N) is 2. The fourth-order valence-corrected chi connectivity index (χ4v) is 2.66. The normalized spacial score (nSPS) is 22.0. The first-order valence-electron chi connectivity index (χ1n) is 6.97.